The van der Waals surface area contributed by atoms with Gasteiger partial charge in [-0.15, -0.1) is 0 Å². The number of nitrogens with zero attached hydrogens (tertiary/aromatic N) is 1. The molecular formula is C9H19NO. The summed E-state index contributed by atoms with van der Waals surface area (Å²) in [4.78, 5) is 2.35. The van der Waals surface area contributed by atoms with Gasteiger partial charge in [0.25, 0.3) is 0 Å². The molecule has 0 amide bonds. The largest absolute Gasteiger partial charge is 0.374 e. The molecule has 0 aromatic rings. The van der Waals surface area contributed by atoms with Crippen LogP contribution in [0.2, 0.25) is 0 Å². The van der Waals surface area contributed by atoms with Crippen molar-refractivity contribution in [1.82, 2.24) is 4.90 Å². The van der Waals surface area contributed by atoms with Gasteiger partial charge in [-0.05, 0) is 34.2 Å². The molecule has 0 N–H and O–H groups in total. The molecule has 1 rings (SSSR count). The number of hydrogen-bond acceptors (Lipinski definition) is 2. The number of likely N-dealkylation sites (N-methyl/N-ethyl adjacent to an activating group) is 1. The van der Waals surface area contributed by atoms with Crippen molar-refractivity contribution in [2.45, 2.75) is 45.4 Å². The molecule has 1 fully saturated rings. The van der Waals surface area contributed by atoms with Crippen LogP contribution in [0.1, 0.15) is 27.2 Å². The molecule has 1 saturated heterocycles. The summed E-state index contributed by atoms with van der Waals surface area (Å²) in [5.74, 6) is 0. The van der Waals surface area contributed by atoms with Crippen molar-refractivity contribution in [2.75, 3.05) is 13.6 Å². The summed E-state index contributed by atoms with van der Waals surface area (Å²) >= 11 is 0. The average Bonchev–Trinajstić information content (AvgIpc) is 2.10. The first-order valence-electron chi connectivity index (χ1n) is 4.45. The van der Waals surface area contributed by atoms with E-state index in [4.69, 9.17) is 4.74 Å². The molecule has 0 saturated carbocycles. The van der Waals surface area contributed by atoms with E-state index < -0.39 is 0 Å². The highest BCUT2D eigenvalue weighted by atomic mass is 16.5. The normalized spacial score (nSPS) is 33.5. The first-order valence-corrected chi connectivity index (χ1v) is 4.45. The van der Waals surface area contributed by atoms with Gasteiger partial charge in [0.05, 0.1) is 12.2 Å². The van der Waals surface area contributed by atoms with Gasteiger partial charge in [-0.1, -0.05) is 0 Å². The minimum Gasteiger partial charge on any atom is -0.374 e. The lowest BCUT2D eigenvalue weighted by Crippen LogP contribution is -2.23. The molecule has 66 valence electrons. The van der Waals surface area contributed by atoms with Crippen molar-refractivity contribution >= 4 is 0 Å². The number of rotatable bonds is 2. The number of hydrogen-bond donors (Lipinski definition) is 0. The molecule has 1 aliphatic rings. The molecule has 11 heavy (non-hydrogen) atoms. The second kappa shape index (κ2) is 3.55. The van der Waals surface area contributed by atoms with Gasteiger partial charge >= 0.3 is 0 Å². The van der Waals surface area contributed by atoms with Crippen molar-refractivity contribution in [2.24, 2.45) is 0 Å². The van der Waals surface area contributed by atoms with E-state index in [9.17, 15) is 0 Å². The highest BCUT2D eigenvalue weighted by molar-refractivity contribution is 4.80. The van der Waals surface area contributed by atoms with Crippen molar-refractivity contribution in [3.63, 3.8) is 0 Å². The summed E-state index contributed by atoms with van der Waals surface area (Å²) in [6.07, 6.45) is 2.03. The zero-order valence-electron chi connectivity index (χ0n) is 8.00. The van der Waals surface area contributed by atoms with Crippen LogP contribution in [0.5, 0.6) is 0 Å². The summed E-state index contributed by atoms with van der Waals surface area (Å²) < 4.78 is 5.71. The van der Waals surface area contributed by atoms with Crippen LogP contribution in [-0.4, -0.2) is 36.7 Å². The third-order valence-corrected chi connectivity index (χ3v) is 2.31. The lowest BCUT2D eigenvalue weighted by atomic mass is 10.2. The quantitative estimate of drug-likeness (QED) is 0.602. The Hall–Kier alpha value is -0.0800. The summed E-state index contributed by atoms with van der Waals surface area (Å²) in [7, 11) is 2.16. The summed E-state index contributed by atoms with van der Waals surface area (Å²) in [5, 5.41) is 0. The molecule has 0 aromatic carbocycles. The predicted octanol–water partition coefficient (Wildman–Crippen LogP) is 1.50. The maximum Gasteiger partial charge on any atom is 0.0720 e. The van der Waals surface area contributed by atoms with Crippen LogP contribution in [0, 0.1) is 0 Å². The zero-order valence-corrected chi connectivity index (χ0v) is 8.00. The molecule has 1 heterocycles. The minimum absolute atomic E-state index is 0.374. The molecule has 0 unspecified atom stereocenters. The monoisotopic (exact) mass is 157 g/mol. The molecule has 2 heteroatoms. The fourth-order valence-electron chi connectivity index (χ4n) is 1.62. The van der Waals surface area contributed by atoms with E-state index in [1.54, 1.807) is 0 Å². The lowest BCUT2D eigenvalue weighted by Gasteiger charge is -2.14. The van der Waals surface area contributed by atoms with Crippen LogP contribution in [0.25, 0.3) is 0 Å². The third-order valence-electron chi connectivity index (χ3n) is 2.31. The van der Waals surface area contributed by atoms with Gasteiger partial charge in [-0.3, -0.25) is 0 Å². The smallest absolute Gasteiger partial charge is 0.0720 e. The van der Waals surface area contributed by atoms with Gasteiger partial charge in [0.2, 0.25) is 0 Å². The Balaban J connectivity index is 2.29. The molecule has 1 aliphatic heterocycles. The van der Waals surface area contributed by atoms with Crippen molar-refractivity contribution in [3.05, 3.63) is 0 Å². The first kappa shape index (κ1) is 9.01. The maximum atomic E-state index is 5.71. The topological polar surface area (TPSA) is 12.5 Å². The second-order valence-electron chi connectivity index (χ2n) is 3.83. The highest BCUT2D eigenvalue weighted by Gasteiger charge is 2.26. The van der Waals surface area contributed by atoms with E-state index in [1.165, 1.54) is 6.42 Å². The van der Waals surface area contributed by atoms with E-state index in [1.807, 2.05) is 0 Å². The predicted molar refractivity (Wildman–Crippen MR) is 46.7 cm³/mol. The van der Waals surface area contributed by atoms with Crippen LogP contribution < -0.4 is 0 Å². The summed E-state index contributed by atoms with van der Waals surface area (Å²) in [6.45, 7) is 7.55. The Kier molecular flexibility index (Phi) is 2.90. The van der Waals surface area contributed by atoms with Gasteiger partial charge in [0.15, 0.2) is 0 Å². The average molecular weight is 157 g/mol. The van der Waals surface area contributed by atoms with Gasteiger partial charge in [-0.2, -0.15) is 0 Å². The van der Waals surface area contributed by atoms with E-state index in [-0.39, 0.29) is 0 Å². The maximum absolute atomic E-state index is 5.71. The van der Waals surface area contributed by atoms with Crippen molar-refractivity contribution in [1.29, 1.82) is 0 Å². The summed E-state index contributed by atoms with van der Waals surface area (Å²) in [5.41, 5.74) is 0. The van der Waals surface area contributed by atoms with Gasteiger partial charge in [0.1, 0.15) is 0 Å². The second-order valence-corrected chi connectivity index (χ2v) is 3.83. The lowest BCUT2D eigenvalue weighted by molar-refractivity contribution is 0.0151. The van der Waals surface area contributed by atoms with Gasteiger partial charge < -0.3 is 9.64 Å². The molecular weight excluding hydrogens is 138 g/mol. The first-order chi connectivity index (χ1) is 5.09. The Morgan fingerprint density at radius 1 is 1.45 bits per heavy atom. The molecule has 0 bridgehead atoms. The van der Waals surface area contributed by atoms with Gasteiger partial charge in [-0.25, -0.2) is 0 Å². The van der Waals surface area contributed by atoms with Gasteiger partial charge in [0, 0.05) is 12.6 Å². The third kappa shape index (κ3) is 2.46. The van der Waals surface area contributed by atoms with E-state index >= 15 is 0 Å². The number of likely N-dealkylation sites (tertiary alicyclic amines) is 1. The Bertz CT molecular complexity index is 112. The Morgan fingerprint density at radius 2 is 2.09 bits per heavy atom. The number of ether oxygens (including phenoxy) is 1. The standard InChI is InChI=1S/C9H19NO/c1-7(2)11-9-5-8(3)10(4)6-9/h7-9H,5-6H2,1-4H3/t8-,9-/m0/s1. The van der Waals surface area contributed by atoms with Crippen LogP contribution in [-0.2, 0) is 4.74 Å². The zero-order chi connectivity index (χ0) is 8.43. The van der Waals surface area contributed by atoms with Crippen molar-refractivity contribution in [3.8, 4) is 0 Å². The Morgan fingerprint density at radius 3 is 2.45 bits per heavy atom. The minimum atomic E-state index is 0.374. The van der Waals surface area contributed by atoms with Crippen LogP contribution in [0.15, 0.2) is 0 Å². The van der Waals surface area contributed by atoms with Crippen molar-refractivity contribution < 1.29 is 4.74 Å². The SMILES string of the molecule is CC(C)O[C@H]1C[C@H](C)N(C)C1. The molecule has 0 spiro atoms. The summed E-state index contributed by atoms with van der Waals surface area (Å²) in [6, 6.07) is 0.693. The molecule has 0 radical (unpaired) electrons. The fraction of sp³-hybridized carbons (Fsp3) is 1.00. The van der Waals surface area contributed by atoms with E-state index in [0.29, 0.717) is 18.2 Å². The van der Waals surface area contributed by atoms with Crippen LogP contribution >= 0.6 is 0 Å². The molecule has 2 atom stereocenters. The molecule has 0 aliphatic carbocycles. The van der Waals surface area contributed by atoms with Crippen LogP contribution in [0.4, 0.5) is 0 Å². The Labute approximate surface area is 69.5 Å². The highest BCUT2D eigenvalue weighted by Crippen LogP contribution is 2.18. The molecule has 0 aromatic heterocycles. The molecule has 2 nitrogen and oxygen atoms in total. The van der Waals surface area contributed by atoms with E-state index in [2.05, 4.69) is 32.7 Å². The van der Waals surface area contributed by atoms with Crippen LogP contribution in [0.3, 0.4) is 0 Å². The fourth-order valence-corrected chi connectivity index (χ4v) is 1.62. The van der Waals surface area contributed by atoms with E-state index in [0.717, 1.165) is 6.54 Å².